The van der Waals surface area contributed by atoms with E-state index in [1.165, 1.54) is 5.56 Å². The molecule has 1 amide bonds. The van der Waals surface area contributed by atoms with Crippen molar-refractivity contribution < 1.29 is 9.53 Å². The maximum atomic E-state index is 13.0. The molecule has 3 aromatic rings. The molecule has 1 aliphatic heterocycles. The van der Waals surface area contributed by atoms with Crippen LogP contribution in [0.4, 0.5) is 0 Å². The first-order chi connectivity index (χ1) is 16.7. The number of likely N-dealkylation sites (tertiary alicyclic amines) is 1. The highest BCUT2D eigenvalue weighted by atomic mass is 16.5. The number of carbonyl (C=O) groups is 1. The van der Waals surface area contributed by atoms with Crippen molar-refractivity contribution >= 4 is 5.91 Å². The summed E-state index contributed by atoms with van der Waals surface area (Å²) < 4.78 is 6.12. The number of aryl methyl sites for hydroxylation is 1. The summed E-state index contributed by atoms with van der Waals surface area (Å²) in [5.41, 5.74) is 4.08. The summed E-state index contributed by atoms with van der Waals surface area (Å²) in [5, 5.41) is 8.97. The highest BCUT2D eigenvalue weighted by molar-refractivity contribution is 5.81. The first-order valence-electron chi connectivity index (χ1n) is 11.9. The fourth-order valence-electron chi connectivity index (χ4n) is 4.59. The Morgan fingerprint density at radius 1 is 1.00 bits per heavy atom. The van der Waals surface area contributed by atoms with E-state index in [1.54, 1.807) is 0 Å². The molecule has 34 heavy (non-hydrogen) atoms. The second-order valence-electron chi connectivity index (χ2n) is 8.76. The molecule has 0 radical (unpaired) electrons. The summed E-state index contributed by atoms with van der Waals surface area (Å²) in [6.07, 6.45) is 5.26. The van der Waals surface area contributed by atoms with E-state index in [2.05, 4.69) is 36.9 Å². The minimum absolute atomic E-state index is 0.00147. The van der Waals surface area contributed by atoms with Gasteiger partial charge in [0.2, 0.25) is 5.91 Å². The van der Waals surface area contributed by atoms with E-state index in [-0.39, 0.29) is 17.9 Å². The molecule has 0 bridgehead atoms. The predicted octanol–water partition coefficient (Wildman–Crippen LogP) is 6.03. The lowest BCUT2D eigenvalue weighted by molar-refractivity contribution is -0.132. The average Bonchev–Trinajstić information content (AvgIpc) is 3.18. The SMILES string of the molecule is C=CC[C@H]1C[C@@H](COc2ccc(-c3ccc(C#N)cc3)cc2)N(CCCc2ccccc2)C1=O. The number of hydrogen-bond acceptors (Lipinski definition) is 3. The van der Waals surface area contributed by atoms with Crippen molar-refractivity contribution in [3.63, 3.8) is 0 Å². The van der Waals surface area contributed by atoms with Crippen LogP contribution in [-0.2, 0) is 11.2 Å². The smallest absolute Gasteiger partial charge is 0.226 e. The van der Waals surface area contributed by atoms with Gasteiger partial charge in [-0.05, 0) is 66.6 Å². The zero-order valence-electron chi connectivity index (χ0n) is 19.4. The van der Waals surface area contributed by atoms with Gasteiger partial charge in [0, 0.05) is 12.5 Å². The van der Waals surface area contributed by atoms with Gasteiger partial charge in [-0.1, -0.05) is 60.7 Å². The topological polar surface area (TPSA) is 53.3 Å². The number of allylic oxidation sites excluding steroid dienone is 1. The largest absolute Gasteiger partial charge is 0.491 e. The zero-order valence-corrected chi connectivity index (χ0v) is 19.4. The second kappa shape index (κ2) is 11.3. The minimum atomic E-state index is 0.00147. The maximum absolute atomic E-state index is 13.0. The van der Waals surface area contributed by atoms with Crippen LogP contribution in [0.1, 0.15) is 30.4 Å². The van der Waals surface area contributed by atoms with Gasteiger partial charge in [0.15, 0.2) is 0 Å². The van der Waals surface area contributed by atoms with Gasteiger partial charge in [-0.2, -0.15) is 5.26 Å². The van der Waals surface area contributed by atoms with Crippen molar-refractivity contribution in [1.29, 1.82) is 5.26 Å². The van der Waals surface area contributed by atoms with Crippen LogP contribution in [0.5, 0.6) is 5.75 Å². The highest BCUT2D eigenvalue weighted by Gasteiger charge is 2.38. The van der Waals surface area contributed by atoms with Crippen LogP contribution in [0.25, 0.3) is 11.1 Å². The first-order valence-corrected chi connectivity index (χ1v) is 11.9. The molecule has 0 spiro atoms. The van der Waals surface area contributed by atoms with E-state index in [0.717, 1.165) is 42.7 Å². The molecule has 1 aliphatic rings. The molecule has 4 heteroatoms. The lowest BCUT2D eigenvalue weighted by atomic mass is 10.0. The fraction of sp³-hybridized carbons (Fsp3) is 0.267. The van der Waals surface area contributed by atoms with E-state index in [9.17, 15) is 4.79 Å². The molecule has 1 fully saturated rings. The average molecular weight is 451 g/mol. The third-order valence-electron chi connectivity index (χ3n) is 6.43. The Hall–Kier alpha value is -3.84. The van der Waals surface area contributed by atoms with E-state index in [1.807, 2.05) is 65.6 Å². The number of rotatable bonds is 10. The third-order valence-corrected chi connectivity index (χ3v) is 6.43. The van der Waals surface area contributed by atoms with Crippen molar-refractivity contribution in [3.05, 3.63) is 103 Å². The van der Waals surface area contributed by atoms with Crippen molar-refractivity contribution in [2.45, 2.75) is 31.7 Å². The Balaban J connectivity index is 1.36. The van der Waals surface area contributed by atoms with Crippen molar-refractivity contribution in [2.24, 2.45) is 5.92 Å². The fourth-order valence-corrected chi connectivity index (χ4v) is 4.59. The van der Waals surface area contributed by atoms with Crippen molar-refractivity contribution in [2.75, 3.05) is 13.2 Å². The summed E-state index contributed by atoms with van der Waals surface area (Å²) >= 11 is 0. The van der Waals surface area contributed by atoms with E-state index >= 15 is 0 Å². The Morgan fingerprint density at radius 3 is 2.32 bits per heavy atom. The highest BCUT2D eigenvalue weighted by Crippen LogP contribution is 2.29. The van der Waals surface area contributed by atoms with Gasteiger partial charge >= 0.3 is 0 Å². The zero-order chi connectivity index (χ0) is 23.8. The summed E-state index contributed by atoms with van der Waals surface area (Å²) in [6.45, 7) is 5.06. The Morgan fingerprint density at radius 2 is 1.68 bits per heavy atom. The minimum Gasteiger partial charge on any atom is -0.491 e. The lowest BCUT2D eigenvalue weighted by Crippen LogP contribution is -2.38. The Labute approximate surface area is 202 Å². The summed E-state index contributed by atoms with van der Waals surface area (Å²) in [7, 11) is 0. The molecule has 4 nitrogen and oxygen atoms in total. The second-order valence-corrected chi connectivity index (χ2v) is 8.76. The molecule has 0 unspecified atom stereocenters. The lowest BCUT2D eigenvalue weighted by Gasteiger charge is -2.25. The Bertz CT molecular complexity index is 1130. The van der Waals surface area contributed by atoms with Gasteiger partial charge in [-0.3, -0.25) is 4.79 Å². The molecular formula is C30H30N2O2. The van der Waals surface area contributed by atoms with E-state index < -0.39 is 0 Å². The summed E-state index contributed by atoms with van der Waals surface area (Å²) in [5.74, 6) is 1.01. The number of amides is 1. The van der Waals surface area contributed by atoms with Crippen LogP contribution in [0.2, 0.25) is 0 Å². The molecule has 1 saturated heterocycles. The van der Waals surface area contributed by atoms with Crippen molar-refractivity contribution in [1.82, 2.24) is 4.90 Å². The molecule has 0 saturated carbocycles. The van der Waals surface area contributed by atoms with Crippen LogP contribution in [0, 0.1) is 17.2 Å². The molecule has 0 N–H and O–H groups in total. The monoisotopic (exact) mass is 450 g/mol. The Kier molecular flexibility index (Phi) is 7.78. The van der Waals surface area contributed by atoms with Gasteiger partial charge in [0.1, 0.15) is 12.4 Å². The van der Waals surface area contributed by atoms with E-state index in [0.29, 0.717) is 18.6 Å². The van der Waals surface area contributed by atoms with Crippen LogP contribution in [0.3, 0.4) is 0 Å². The molecular weight excluding hydrogens is 420 g/mol. The maximum Gasteiger partial charge on any atom is 0.226 e. The molecule has 0 aliphatic carbocycles. The summed E-state index contributed by atoms with van der Waals surface area (Å²) in [4.78, 5) is 15.0. The molecule has 3 aromatic carbocycles. The predicted molar refractivity (Wildman–Crippen MR) is 135 cm³/mol. The molecule has 1 heterocycles. The first kappa shape index (κ1) is 23.3. The van der Waals surface area contributed by atoms with Gasteiger partial charge < -0.3 is 9.64 Å². The number of nitriles is 1. The van der Waals surface area contributed by atoms with Crippen molar-refractivity contribution in [3.8, 4) is 22.9 Å². The molecule has 2 atom stereocenters. The number of ether oxygens (including phenoxy) is 1. The third kappa shape index (κ3) is 5.74. The number of carbonyl (C=O) groups excluding carboxylic acids is 1. The molecule has 172 valence electrons. The molecule has 0 aromatic heterocycles. The van der Waals surface area contributed by atoms with Gasteiger partial charge in [-0.15, -0.1) is 6.58 Å². The van der Waals surface area contributed by atoms with Gasteiger partial charge in [0.25, 0.3) is 0 Å². The number of hydrogen-bond donors (Lipinski definition) is 0. The number of nitrogens with zero attached hydrogens (tertiary/aromatic N) is 2. The summed E-state index contributed by atoms with van der Waals surface area (Å²) in [6, 6.07) is 28.1. The normalized spacial score (nSPS) is 17.4. The number of benzene rings is 3. The van der Waals surface area contributed by atoms with Crippen LogP contribution in [0.15, 0.2) is 91.5 Å². The van der Waals surface area contributed by atoms with E-state index in [4.69, 9.17) is 10.00 Å². The van der Waals surface area contributed by atoms with Gasteiger partial charge in [-0.25, -0.2) is 0 Å². The molecule has 4 rings (SSSR count). The van der Waals surface area contributed by atoms with Gasteiger partial charge in [0.05, 0.1) is 17.7 Å². The van der Waals surface area contributed by atoms with Crippen LogP contribution >= 0.6 is 0 Å². The standard InChI is InChI=1S/C30H30N2O2/c1-2-7-27-20-28(32(30(27)33)19-6-10-23-8-4-3-5-9-23)22-34-29-17-15-26(16-18-29)25-13-11-24(21-31)12-14-25/h2-5,8-9,11-18,27-28H,1,6-7,10,19-20,22H2/t27-,28-/m0/s1. The quantitative estimate of drug-likeness (QED) is 0.354. The van der Waals surface area contributed by atoms with Crippen LogP contribution < -0.4 is 4.74 Å². The van der Waals surface area contributed by atoms with Crippen LogP contribution in [-0.4, -0.2) is 30.0 Å².